The van der Waals surface area contributed by atoms with Gasteiger partial charge in [-0.2, -0.15) is 0 Å². The maximum atomic E-state index is 10.6. The van der Waals surface area contributed by atoms with Crippen LogP contribution in [0.1, 0.15) is 23.1 Å². The highest BCUT2D eigenvalue weighted by Gasteiger charge is 2.16. The number of nitrogens with zero attached hydrogens (tertiary/aromatic N) is 2. The van der Waals surface area contributed by atoms with Crippen LogP contribution in [-0.4, -0.2) is 21.8 Å². The quantitative estimate of drug-likeness (QED) is 0.787. The van der Waals surface area contributed by atoms with Crippen LogP contribution in [0.4, 0.5) is 0 Å². The second kappa shape index (κ2) is 6.45. The minimum atomic E-state index is -0.760. The standard InChI is InChI=1S/C18H18N2O2/c1-22-16-9-7-15(8-10-16)17(21)18-19-11-12-20(18)13-14-5-3-2-4-6-14/h2-12,17,21H,13H2,1H3/t17-/m1/s1. The average Bonchev–Trinajstić information content (AvgIpc) is 3.03. The van der Waals surface area contributed by atoms with Gasteiger partial charge in [-0.3, -0.25) is 0 Å². The summed E-state index contributed by atoms with van der Waals surface area (Å²) in [6.07, 6.45) is 2.84. The summed E-state index contributed by atoms with van der Waals surface area (Å²) in [5.41, 5.74) is 1.96. The Morgan fingerprint density at radius 1 is 1.09 bits per heavy atom. The molecular weight excluding hydrogens is 276 g/mol. The first-order chi connectivity index (χ1) is 10.8. The van der Waals surface area contributed by atoms with Crippen LogP contribution >= 0.6 is 0 Å². The average molecular weight is 294 g/mol. The van der Waals surface area contributed by atoms with Crippen LogP contribution in [0.3, 0.4) is 0 Å². The van der Waals surface area contributed by atoms with Gasteiger partial charge in [0.2, 0.25) is 0 Å². The Morgan fingerprint density at radius 2 is 1.82 bits per heavy atom. The first-order valence-corrected chi connectivity index (χ1v) is 7.15. The normalized spacial score (nSPS) is 12.1. The Labute approximate surface area is 129 Å². The Kier molecular flexibility index (Phi) is 4.21. The summed E-state index contributed by atoms with van der Waals surface area (Å²) in [5.74, 6) is 1.40. The van der Waals surface area contributed by atoms with Gasteiger partial charge < -0.3 is 14.4 Å². The number of hydrogen-bond donors (Lipinski definition) is 1. The molecule has 1 N–H and O–H groups in total. The molecule has 0 aliphatic heterocycles. The Morgan fingerprint density at radius 3 is 2.50 bits per heavy atom. The molecule has 3 rings (SSSR count). The molecule has 0 spiro atoms. The summed E-state index contributed by atoms with van der Waals surface area (Å²) in [7, 11) is 1.62. The molecule has 22 heavy (non-hydrogen) atoms. The summed E-state index contributed by atoms with van der Waals surface area (Å²) in [4.78, 5) is 4.31. The van der Waals surface area contributed by atoms with Gasteiger partial charge in [0.05, 0.1) is 7.11 Å². The van der Waals surface area contributed by atoms with Crippen molar-refractivity contribution in [2.45, 2.75) is 12.6 Å². The Balaban J connectivity index is 1.84. The van der Waals surface area contributed by atoms with E-state index < -0.39 is 6.10 Å². The van der Waals surface area contributed by atoms with E-state index in [1.165, 1.54) is 5.56 Å². The minimum Gasteiger partial charge on any atom is -0.497 e. The SMILES string of the molecule is COc1ccc([C@@H](O)c2nccn2Cc2ccccc2)cc1. The second-order valence-electron chi connectivity index (χ2n) is 5.07. The zero-order valence-electron chi connectivity index (χ0n) is 12.4. The van der Waals surface area contributed by atoms with Gasteiger partial charge in [-0.25, -0.2) is 4.98 Å². The Hall–Kier alpha value is -2.59. The highest BCUT2D eigenvalue weighted by atomic mass is 16.5. The van der Waals surface area contributed by atoms with E-state index in [-0.39, 0.29) is 0 Å². The molecule has 112 valence electrons. The predicted molar refractivity (Wildman–Crippen MR) is 84.8 cm³/mol. The van der Waals surface area contributed by atoms with Crippen molar-refractivity contribution in [3.63, 3.8) is 0 Å². The molecule has 0 aliphatic rings. The maximum Gasteiger partial charge on any atom is 0.142 e. The van der Waals surface area contributed by atoms with Crippen LogP contribution in [0.25, 0.3) is 0 Å². The van der Waals surface area contributed by atoms with Crippen LogP contribution in [0, 0.1) is 0 Å². The van der Waals surface area contributed by atoms with Crippen molar-refractivity contribution in [2.75, 3.05) is 7.11 Å². The van der Waals surface area contributed by atoms with E-state index in [0.29, 0.717) is 12.4 Å². The van der Waals surface area contributed by atoms with Crippen LogP contribution in [0.5, 0.6) is 5.75 Å². The molecule has 0 aliphatic carbocycles. The van der Waals surface area contributed by atoms with E-state index in [9.17, 15) is 5.11 Å². The third-order valence-electron chi connectivity index (χ3n) is 3.62. The fourth-order valence-electron chi connectivity index (χ4n) is 2.42. The molecule has 0 saturated heterocycles. The molecule has 0 bridgehead atoms. The maximum absolute atomic E-state index is 10.6. The molecule has 3 aromatic rings. The van der Waals surface area contributed by atoms with Crippen molar-refractivity contribution in [1.29, 1.82) is 0 Å². The van der Waals surface area contributed by atoms with E-state index in [0.717, 1.165) is 11.3 Å². The van der Waals surface area contributed by atoms with Crippen molar-refractivity contribution < 1.29 is 9.84 Å². The fraction of sp³-hybridized carbons (Fsp3) is 0.167. The molecule has 0 amide bonds. The summed E-state index contributed by atoms with van der Waals surface area (Å²) < 4.78 is 7.10. The van der Waals surface area contributed by atoms with Crippen molar-refractivity contribution >= 4 is 0 Å². The summed E-state index contributed by atoms with van der Waals surface area (Å²) >= 11 is 0. The third kappa shape index (κ3) is 3.02. The molecule has 0 saturated carbocycles. The molecule has 2 aromatic carbocycles. The smallest absolute Gasteiger partial charge is 0.142 e. The lowest BCUT2D eigenvalue weighted by molar-refractivity contribution is 0.205. The predicted octanol–water partition coefficient (Wildman–Crippen LogP) is 3.02. The lowest BCUT2D eigenvalue weighted by Crippen LogP contribution is -2.10. The van der Waals surface area contributed by atoms with Gasteiger partial charge in [0.25, 0.3) is 0 Å². The summed E-state index contributed by atoms with van der Waals surface area (Å²) in [6, 6.07) is 17.5. The highest BCUT2D eigenvalue weighted by Crippen LogP contribution is 2.23. The van der Waals surface area contributed by atoms with E-state index >= 15 is 0 Å². The first-order valence-electron chi connectivity index (χ1n) is 7.15. The summed E-state index contributed by atoms with van der Waals surface area (Å²) in [6.45, 7) is 0.684. The van der Waals surface area contributed by atoms with Crippen LogP contribution < -0.4 is 4.74 Å². The Bertz CT molecular complexity index is 720. The second-order valence-corrected chi connectivity index (χ2v) is 5.07. The van der Waals surface area contributed by atoms with E-state index in [4.69, 9.17) is 4.74 Å². The largest absolute Gasteiger partial charge is 0.497 e. The zero-order valence-corrected chi connectivity index (χ0v) is 12.4. The number of methoxy groups -OCH3 is 1. The lowest BCUT2D eigenvalue weighted by Gasteiger charge is -2.14. The number of rotatable bonds is 5. The van der Waals surface area contributed by atoms with Crippen LogP contribution in [0.15, 0.2) is 67.0 Å². The number of ether oxygens (including phenoxy) is 1. The van der Waals surface area contributed by atoms with Crippen LogP contribution in [-0.2, 0) is 6.54 Å². The molecular formula is C18H18N2O2. The van der Waals surface area contributed by atoms with Gasteiger partial charge in [-0.15, -0.1) is 0 Å². The molecule has 0 unspecified atom stereocenters. The molecule has 1 atom stereocenters. The number of aliphatic hydroxyl groups is 1. The van der Waals surface area contributed by atoms with E-state index in [2.05, 4.69) is 17.1 Å². The molecule has 0 radical (unpaired) electrons. The van der Waals surface area contributed by atoms with Gasteiger partial charge >= 0.3 is 0 Å². The van der Waals surface area contributed by atoms with Gasteiger partial charge in [0.1, 0.15) is 17.7 Å². The summed E-state index contributed by atoms with van der Waals surface area (Å²) in [5, 5.41) is 10.6. The number of imidazole rings is 1. The zero-order chi connectivity index (χ0) is 15.4. The van der Waals surface area contributed by atoms with Crippen molar-refractivity contribution in [3.05, 3.63) is 83.9 Å². The number of benzene rings is 2. The number of hydrogen-bond acceptors (Lipinski definition) is 3. The molecule has 0 fully saturated rings. The van der Waals surface area contributed by atoms with Crippen LogP contribution in [0.2, 0.25) is 0 Å². The van der Waals surface area contributed by atoms with Crippen molar-refractivity contribution in [1.82, 2.24) is 9.55 Å². The first kappa shape index (κ1) is 14.4. The number of aromatic nitrogens is 2. The molecule has 1 aromatic heterocycles. The monoisotopic (exact) mass is 294 g/mol. The number of aliphatic hydroxyl groups excluding tert-OH is 1. The van der Waals surface area contributed by atoms with E-state index in [1.54, 1.807) is 13.3 Å². The molecule has 1 heterocycles. The molecule has 4 nitrogen and oxygen atoms in total. The third-order valence-corrected chi connectivity index (χ3v) is 3.62. The topological polar surface area (TPSA) is 47.3 Å². The van der Waals surface area contributed by atoms with Crippen molar-refractivity contribution in [3.8, 4) is 5.75 Å². The van der Waals surface area contributed by atoms with Gasteiger partial charge in [-0.05, 0) is 23.3 Å². The van der Waals surface area contributed by atoms with Crippen molar-refractivity contribution in [2.24, 2.45) is 0 Å². The minimum absolute atomic E-state index is 0.633. The van der Waals surface area contributed by atoms with E-state index in [1.807, 2.05) is 53.2 Å². The van der Waals surface area contributed by atoms with Gasteiger partial charge in [0.15, 0.2) is 0 Å². The van der Waals surface area contributed by atoms with Gasteiger partial charge in [-0.1, -0.05) is 42.5 Å². The molecule has 4 heteroatoms. The lowest BCUT2D eigenvalue weighted by atomic mass is 10.1. The highest BCUT2D eigenvalue weighted by molar-refractivity contribution is 5.31. The van der Waals surface area contributed by atoms with Gasteiger partial charge in [0, 0.05) is 18.9 Å². The fourth-order valence-corrected chi connectivity index (χ4v) is 2.42.